The fourth-order valence-electron chi connectivity index (χ4n) is 2.61. The molecule has 0 amide bonds. The predicted molar refractivity (Wildman–Crippen MR) is 81.7 cm³/mol. The van der Waals surface area contributed by atoms with Gasteiger partial charge < -0.3 is 15.8 Å². The highest BCUT2D eigenvalue weighted by atomic mass is 16.5. The van der Waals surface area contributed by atoms with Crippen LogP contribution in [0.15, 0.2) is 18.2 Å². The van der Waals surface area contributed by atoms with E-state index >= 15 is 0 Å². The van der Waals surface area contributed by atoms with E-state index in [1.807, 2.05) is 7.05 Å². The Balaban J connectivity index is 3.08. The minimum Gasteiger partial charge on any atom is -0.496 e. The van der Waals surface area contributed by atoms with Crippen LogP contribution in [0.2, 0.25) is 0 Å². The molecule has 2 unspecified atom stereocenters. The third kappa shape index (κ3) is 3.95. The van der Waals surface area contributed by atoms with Gasteiger partial charge in [-0.2, -0.15) is 0 Å². The second kappa shape index (κ2) is 7.51. The van der Waals surface area contributed by atoms with Gasteiger partial charge in [0.2, 0.25) is 0 Å². The summed E-state index contributed by atoms with van der Waals surface area (Å²) in [6, 6.07) is 6.83. The van der Waals surface area contributed by atoms with Gasteiger partial charge in [0, 0.05) is 6.04 Å². The van der Waals surface area contributed by atoms with Gasteiger partial charge in [0.25, 0.3) is 0 Å². The number of ether oxygens (including phenoxy) is 1. The SMILES string of the molecule is CNC(c1ccc(OC)c(C(C)C)c1)C(C)CCN. The lowest BCUT2D eigenvalue weighted by atomic mass is 9.89. The van der Waals surface area contributed by atoms with Gasteiger partial charge in [0.1, 0.15) is 5.75 Å². The molecule has 19 heavy (non-hydrogen) atoms. The van der Waals surface area contributed by atoms with E-state index in [-0.39, 0.29) is 0 Å². The Kier molecular flexibility index (Phi) is 6.32. The van der Waals surface area contributed by atoms with Gasteiger partial charge >= 0.3 is 0 Å². The number of nitrogens with two attached hydrogens (primary N) is 1. The Labute approximate surface area is 117 Å². The fraction of sp³-hybridized carbons (Fsp3) is 0.625. The Hall–Kier alpha value is -1.06. The van der Waals surface area contributed by atoms with E-state index in [0.717, 1.165) is 18.7 Å². The molecule has 3 nitrogen and oxygen atoms in total. The van der Waals surface area contributed by atoms with Crippen LogP contribution in [0.3, 0.4) is 0 Å². The molecule has 1 aromatic carbocycles. The first-order valence-electron chi connectivity index (χ1n) is 7.10. The van der Waals surface area contributed by atoms with Crippen LogP contribution >= 0.6 is 0 Å². The van der Waals surface area contributed by atoms with E-state index in [4.69, 9.17) is 10.5 Å². The third-order valence-corrected chi connectivity index (χ3v) is 3.74. The van der Waals surface area contributed by atoms with E-state index in [9.17, 15) is 0 Å². The first-order valence-corrected chi connectivity index (χ1v) is 7.10. The van der Waals surface area contributed by atoms with Crippen LogP contribution in [0.25, 0.3) is 0 Å². The quantitative estimate of drug-likeness (QED) is 0.795. The van der Waals surface area contributed by atoms with Crippen LogP contribution in [0.4, 0.5) is 0 Å². The van der Waals surface area contributed by atoms with Crippen LogP contribution in [-0.2, 0) is 0 Å². The molecule has 0 bridgehead atoms. The minimum absolute atomic E-state index is 0.340. The molecule has 0 aliphatic carbocycles. The summed E-state index contributed by atoms with van der Waals surface area (Å²) in [6.45, 7) is 7.36. The average Bonchev–Trinajstić information content (AvgIpc) is 2.39. The summed E-state index contributed by atoms with van der Waals surface area (Å²) >= 11 is 0. The smallest absolute Gasteiger partial charge is 0.122 e. The van der Waals surface area contributed by atoms with Gasteiger partial charge in [0.05, 0.1) is 7.11 Å². The summed E-state index contributed by atoms with van der Waals surface area (Å²) in [6.07, 6.45) is 1.02. The molecule has 108 valence electrons. The number of hydrogen-bond acceptors (Lipinski definition) is 3. The Morgan fingerprint density at radius 2 is 1.95 bits per heavy atom. The van der Waals surface area contributed by atoms with Crippen molar-refractivity contribution in [3.63, 3.8) is 0 Å². The molecule has 2 atom stereocenters. The first kappa shape index (κ1) is 16.0. The summed E-state index contributed by atoms with van der Waals surface area (Å²) in [5, 5.41) is 3.41. The van der Waals surface area contributed by atoms with Crippen molar-refractivity contribution in [2.75, 3.05) is 20.7 Å². The topological polar surface area (TPSA) is 47.3 Å². The number of nitrogens with one attached hydrogen (secondary N) is 1. The zero-order valence-electron chi connectivity index (χ0n) is 12.9. The molecule has 0 saturated heterocycles. The molecule has 0 aliphatic rings. The Morgan fingerprint density at radius 1 is 1.26 bits per heavy atom. The highest BCUT2D eigenvalue weighted by molar-refractivity contribution is 5.40. The standard InChI is InChI=1S/C16H28N2O/c1-11(2)14-10-13(6-7-15(14)19-5)16(18-4)12(3)8-9-17/h6-7,10-12,16,18H,8-9,17H2,1-5H3. The molecule has 0 spiro atoms. The zero-order chi connectivity index (χ0) is 14.4. The monoisotopic (exact) mass is 264 g/mol. The maximum atomic E-state index is 5.68. The first-order chi connectivity index (χ1) is 9.04. The predicted octanol–water partition coefficient (Wildman–Crippen LogP) is 3.06. The van der Waals surface area contributed by atoms with Crippen LogP contribution in [-0.4, -0.2) is 20.7 Å². The van der Waals surface area contributed by atoms with Crippen LogP contribution in [0.1, 0.15) is 50.3 Å². The number of methoxy groups -OCH3 is 1. The van der Waals surface area contributed by atoms with Gasteiger partial charge in [-0.05, 0) is 49.0 Å². The second-order valence-electron chi connectivity index (χ2n) is 5.48. The lowest BCUT2D eigenvalue weighted by Gasteiger charge is -2.25. The molecule has 0 aliphatic heterocycles. The van der Waals surface area contributed by atoms with E-state index < -0.39 is 0 Å². The highest BCUT2D eigenvalue weighted by Gasteiger charge is 2.19. The summed E-state index contributed by atoms with van der Waals surface area (Å²) in [4.78, 5) is 0. The van der Waals surface area contributed by atoms with Crippen LogP contribution in [0.5, 0.6) is 5.75 Å². The summed E-state index contributed by atoms with van der Waals surface area (Å²) < 4.78 is 5.44. The van der Waals surface area contributed by atoms with Crippen molar-refractivity contribution in [1.29, 1.82) is 0 Å². The third-order valence-electron chi connectivity index (χ3n) is 3.74. The van der Waals surface area contributed by atoms with Crippen molar-refractivity contribution < 1.29 is 4.74 Å². The zero-order valence-corrected chi connectivity index (χ0v) is 12.9. The molecule has 1 aromatic rings. The number of benzene rings is 1. The number of rotatable bonds is 7. The van der Waals surface area contributed by atoms with Gasteiger partial charge in [-0.1, -0.05) is 32.9 Å². The van der Waals surface area contributed by atoms with E-state index in [1.54, 1.807) is 7.11 Å². The average molecular weight is 264 g/mol. The molecule has 3 heteroatoms. The van der Waals surface area contributed by atoms with Crippen molar-refractivity contribution in [2.24, 2.45) is 11.7 Å². The largest absolute Gasteiger partial charge is 0.496 e. The van der Waals surface area contributed by atoms with Gasteiger partial charge in [-0.25, -0.2) is 0 Å². The maximum absolute atomic E-state index is 5.68. The van der Waals surface area contributed by atoms with Gasteiger partial charge in [-0.3, -0.25) is 0 Å². The molecule has 0 heterocycles. The van der Waals surface area contributed by atoms with Crippen molar-refractivity contribution in [1.82, 2.24) is 5.32 Å². The maximum Gasteiger partial charge on any atom is 0.122 e. The lowest BCUT2D eigenvalue weighted by Crippen LogP contribution is -2.25. The fourth-order valence-corrected chi connectivity index (χ4v) is 2.61. The van der Waals surface area contributed by atoms with E-state index in [1.165, 1.54) is 11.1 Å². The summed E-state index contributed by atoms with van der Waals surface area (Å²) in [5.74, 6) is 1.95. The minimum atomic E-state index is 0.340. The highest BCUT2D eigenvalue weighted by Crippen LogP contribution is 2.32. The van der Waals surface area contributed by atoms with Gasteiger partial charge in [-0.15, -0.1) is 0 Å². The normalized spacial score (nSPS) is 14.5. The van der Waals surface area contributed by atoms with Crippen molar-refractivity contribution >= 4 is 0 Å². The van der Waals surface area contributed by atoms with E-state index in [0.29, 0.717) is 17.9 Å². The lowest BCUT2D eigenvalue weighted by molar-refractivity contribution is 0.387. The Bertz CT molecular complexity index is 390. The number of hydrogen-bond donors (Lipinski definition) is 2. The molecular formula is C16H28N2O. The van der Waals surface area contributed by atoms with Crippen molar-refractivity contribution in [3.05, 3.63) is 29.3 Å². The molecule has 1 rings (SSSR count). The van der Waals surface area contributed by atoms with E-state index in [2.05, 4.69) is 44.3 Å². The Morgan fingerprint density at radius 3 is 2.42 bits per heavy atom. The van der Waals surface area contributed by atoms with Crippen molar-refractivity contribution in [2.45, 2.75) is 39.2 Å². The van der Waals surface area contributed by atoms with Crippen LogP contribution in [0, 0.1) is 5.92 Å². The second-order valence-corrected chi connectivity index (χ2v) is 5.48. The molecule has 3 N–H and O–H groups in total. The molecule has 0 saturated carbocycles. The summed E-state index contributed by atoms with van der Waals surface area (Å²) in [7, 11) is 3.74. The molecule has 0 radical (unpaired) electrons. The van der Waals surface area contributed by atoms with Gasteiger partial charge in [0.15, 0.2) is 0 Å². The van der Waals surface area contributed by atoms with Crippen molar-refractivity contribution in [3.8, 4) is 5.75 Å². The van der Waals surface area contributed by atoms with Crippen LogP contribution < -0.4 is 15.8 Å². The molecular weight excluding hydrogens is 236 g/mol. The molecule has 0 fully saturated rings. The summed E-state index contributed by atoms with van der Waals surface area (Å²) in [5.41, 5.74) is 8.25. The molecule has 0 aromatic heterocycles.